The summed E-state index contributed by atoms with van der Waals surface area (Å²) in [5, 5.41) is 7.48. The van der Waals surface area contributed by atoms with Gasteiger partial charge in [-0.2, -0.15) is 0 Å². The number of rotatable bonds is 1. The third-order valence-corrected chi connectivity index (χ3v) is 2.39. The Kier molecular flexibility index (Phi) is 2.64. The van der Waals surface area contributed by atoms with Crippen LogP contribution in [0.2, 0.25) is 0 Å². The van der Waals surface area contributed by atoms with Crippen LogP contribution >= 0.6 is 15.9 Å². The molecule has 0 saturated carbocycles. The van der Waals surface area contributed by atoms with Crippen molar-refractivity contribution in [2.24, 2.45) is 0 Å². The van der Waals surface area contributed by atoms with Gasteiger partial charge in [0.15, 0.2) is 0 Å². The molecule has 0 bridgehead atoms. The van der Waals surface area contributed by atoms with Gasteiger partial charge in [0, 0.05) is 10.0 Å². The third-order valence-electron chi connectivity index (χ3n) is 1.89. The van der Waals surface area contributed by atoms with Gasteiger partial charge < -0.3 is 5.73 Å². The van der Waals surface area contributed by atoms with Crippen LogP contribution in [0.15, 0.2) is 34.8 Å². The van der Waals surface area contributed by atoms with E-state index in [2.05, 4.69) is 26.1 Å². The first-order valence-corrected chi connectivity index (χ1v) is 5.01. The van der Waals surface area contributed by atoms with Crippen molar-refractivity contribution in [1.82, 2.24) is 10.2 Å². The molecule has 0 amide bonds. The SMILES string of the molecule is Nc1ccc(-c2ccc(Br)cc2F)nn1. The number of aromatic nitrogens is 2. The maximum atomic E-state index is 13.5. The molecule has 3 nitrogen and oxygen atoms in total. The highest BCUT2D eigenvalue weighted by atomic mass is 79.9. The Balaban J connectivity index is 2.49. The van der Waals surface area contributed by atoms with Crippen LogP contribution in [-0.2, 0) is 0 Å². The van der Waals surface area contributed by atoms with Gasteiger partial charge in [0.05, 0.1) is 5.69 Å². The predicted molar refractivity (Wildman–Crippen MR) is 59.5 cm³/mol. The van der Waals surface area contributed by atoms with Crippen LogP contribution in [0.5, 0.6) is 0 Å². The summed E-state index contributed by atoms with van der Waals surface area (Å²) in [6.07, 6.45) is 0. The maximum Gasteiger partial charge on any atom is 0.146 e. The highest BCUT2D eigenvalue weighted by molar-refractivity contribution is 9.10. The number of halogens is 2. The Labute approximate surface area is 94.3 Å². The molecule has 15 heavy (non-hydrogen) atoms. The van der Waals surface area contributed by atoms with Gasteiger partial charge in [-0.05, 0) is 30.3 Å². The summed E-state index contributed by atoms with van der Waals surface area (Å²) in [4.78, 5) is 0. The summed E-state index contributed by atoms with van der Waals surface area (Å²) in [5.41, 5.74) is 6.27. The summed E-state index contributed by atoms with van der Waals surface area (Å²) in [6, 6.07) is 7.99. The van der Waals surface area contributed by atoms with Gasteiger partial charge in [0.25, 0.3) is 0 Å². The fourth-order valence-corrected chi connectivity index (χ4v) is 1.52. The fourth-order valence-electron chi connectivity index (χ4n) is 1.18. The second-order valence-corrected chi connectivity index (χ2v) is 3.88. The number of hydrogen-bond acceptors (Lipinski definition) is 3. The van der Waals surface area contributed by atoms with Crippen LogP contribution in [0.1, 0.15) is 0 Å². The molecule has 76 valence electrons. The van der Waals surface area contributed by atoms with E-state index in [9.17, 15) is 4.39 Å². The molecule has 0 aliphatic rings. The van der Waals surface area contributed by atoms with E-state index in [0.29, 0.717) is 21.5 Å². The Morgan fingerprint density at radius 2 is 1.93 bits per heavy atom. The monoisotopic (exact) mass is 267 g/mol. The van der Waals surface area contributed by atoms with Crippen LogP contribution in [0, 0.1) is 5.82 Å². The molecule has 2 aromatic rings. The van der Waals surface area contributed by atoms with Gasteiger partial charge in [0.2, 0.25) is 0 Å². The summed E-state index contributed by atoms with van der Waals surface area (Å²) in [6.45, 7) is 0. The number of hydrogen-bond donors (Lipinski definition) is 1. The van der Waals surface area contributed by atoms with E-state index in [0.717, 1.165) is 0 Å². The smallest absolute Gasteiger partial charge is 0.146 e. The molecule has 0 unspecified atom stereocenters. The van der Waals surface area contributed by atoms with Gasteiger partial charge in [-0.15, -0.1) is 10.2 Å². The van der Waals surface area contributed by atoms with E-state index in [4.69, 9.17) is 5.73 Å². The summed E-state index contributed by atoms with van der Waals surface area (Å²) < 4.78 is 14.2. The van der Waals surface area contributed by atoms with Gasteiger partial charge in [-0.25, -0.2) is 4.39 Å². The number of benzene rings is 1. The Hall–Kier alpha value is -1.49. The lowest BCUT2D eigenvalue weighted by Crippen LogP contribution is -1.95. The van der Waals surface area contributed by atoms with Crippen molar-refractivity contribution in [2.75, 3.05) is 5.73 Å². The highest BCUT2D eigenvalue weighted by Crippen LogP contribution is 2.23. The fraction of sp³-hybridized carbons (Fsp3) is 0. The number of nitrogens with zero attached hydrogens (tertiary/aromatic N) is 2. The molecule has 2 rings (SSSR count). The van der Waals surface area contributed by atoms with Gasteiger partial charge in [-0.1, -0.05) is 15.9 Å². The molecule has 0 fully saturated rings. The van der Waals surface area contributed by atoms with Crippen molar-refractivity contribution in [3.63, 3.8) is 0 Å². The van der Waals surface area contributed by atoms with E-state index in [1.165, 1.54) is 6.07 Å². The summed E-state index contributed by atoms with van der Waals surface area (Å²) >= 11 is 3.18. The van der Waals surface area contributed by atoms with Crippen LogP contribution in [0.25, 0.3) is 11.3 Å². The minimum absolute atomic E-state index is 0.316. The van der Waals surface area contributed by atoms with Crippen LogP contribution in [0.4, 0.5) is 10.2 Å². The second-order valence-electron chi connectivity index (χ2n) is 2.97. The minimum Gasteiger partial charge on any atom is -0.382 e. The Morgan fingerprint density at radius 3 is 2.53 bits per heavy atom. The topological polar surface area (TPSA) is 51.8 Å². The summed E-state index contributed by atoms with van der Waals surface area (Å²) in [7, 11) is 0. The molecule has 0 radical (unpaired) electrons. The molecule has 1 aromatic carbocycles. The van der Waals surface area contributed by atoms with Crippen molar-refractivity contribution in [2.45, 2.75) is 0 Å². The molecule has 5 heteroatoms. The number of nitrogens with two attached hydrogens (primary N) is 1. The zero-order chi connectivity index (χ0) is 10.8. The van der Waals surface area contributed by atoms with Crippen LogP contribution in [-0.4, -0.2) is 10.2 Å². The van der Waals surface area contributed by atoms with Crippen molar-refractivity contribution < 1.29 is 4.39 Å². The first-order chi connectivity index (χ1) is 7.16. The van der Waals surface area contributed by atoms with E-state index < -0.39 is 0 Å². The average molecular weight is 268 g/mol. The van der Waals surface area contributed by atoms with E-state index in [1.54, 1.807) is 24.3 Å². The maximum absolute atomic E-state index is 13.5. The average Bonchev–Trinajstić information content (AvgIpc) is 2.20. The molecule has 0 aliphatic heterocycles. The normalized spacial score (nSPS) is 10.3. The molecular formula is C10H7BrFN3. The first-order valence-electron chi connectivity index (χ1n) is 4.21. The molecule has 1 aromatic heterocycles. The molecule has 0 atom stereocenters. The molecule has 2 N–H and O–H groups in total. The molecule has 0 saturated heterocycles. The lowest BCUT2D eigenvalue weighted by molar-refractivity contribution is 0.629. The molecule has 0 spiro atoms. The lowest BCUT2D eigenvalue weighted by Gasteiger charge is -2.02. The zero-order valence-corrected chi connectivity index (χ0v) is 9.20. The van der Waals surface area contributed by atoms with E-state index in [-0.39, 0.29) is 5.82 Å². The number of anilines is 1. The third kappa shape index (κ3) is 2.12. The predicted octanol–water partition coefficient (Wildman–Crippen LogP) is 2.63. The van der Waals surface area contributed by atoms with Crippen molar-refractivity contribution in [1.29, 1.82) is 0 Å². The highest BCUT2D eigenvalue weighted by Gasteiger charge is 2.06. The van der Waals surface area contributed by atoms with Crippen LogP contribution < -0.4 is 5.73 Å². The van der Waals surface area contributed by atoms with Gasteiger partial charge in [-0.3, -0.25) is 0 Å². The minimum atomic E-state index is -0.344. The molecular weight excluding hydrogens is 261 g/mol. The Morgan fingerprint density at radius 1 is 1.13 bits per heavy atom. The molecule has 0 aliphatic carbocycles. The lowest BCUT2D eigenvalue weighted by atomic mass is 10.1. The molecule has 1 heterocycles. The second kappa shape index (κ2) is 3.94. The largest absolute Gasteiger partial charge is 0.382 e. The van der Waals surface area contributed by atoms with Gasteiger partial charge in [0.1, 0.15) is 11.6 Å². The van der Waals surface area contributed by atoms with Crippen molar-refractivity contribution in [3.05, 3.63) is 40.6 Å². The van der Waals surface area contributed by atoms with Crippen molar-refractivity contribution >= 4 is 21.7 Å². The number of nitrogen functional groups attached to an aromatic ring is 1. The quantitative estimate of drug-likeness (QED) is 0.864. The van der Waals surface area contributed by atoms with Crippen molar-refractivity contribution in [3.8, 4) is 11.3 Å². The van der Waals surface area contributed by atoms with E-state index in [1.807, 2.05) is 0 Å². The van der Waals surface area contributed by atoms with Crippen LogP contribution in [0.3, 0.4) is 0 Å². The summed E-state index contributed by atoms with van der Waals surface area (Å²) in [5.74, 6) is -0.0280. The zero-order valence-electron chi connectivity index (χ0n) is 7.61. The van der Waals surface area contributed by atoms with E-state index >= 15 is 0 Å². The van der Waals surface area contributed by atoms with Gasteiger partial charge >= 0.3 is 0 Å². The standard InChI is InChI=1S/C10H7BrFN3/c11-6-1-2-7(8(12)5-6)9-3-4-10(13)15-14-9/h1-5H,(H2,13,15). The first kappa shape index (κ1) is 10.0. The Bertz CT molecular complexity index is 485.